The van der Waals surface area contributed by atoms with Gasteiger partial charge in [0, 0.05) is 22.8 Å². The van der Waals surface area contributed by atoms with Crippen LogP contribution in [0.25, 0.3) is 0 Å². The maximum atomic E-state index is 12.7. The first-order chi connectivity index (χ1) is 14.3. The van der Waals surface area contributed by atoms with E-state index in [-0.39, 0.29) is 17.4 Å². The zero-order valence-corrected chi connectivity index (χ0v) is 18.2. The van der Waals surface area contributed by atoms with Crippen LogP contribution < -0.4 is 14.4 Å². The highest BCUT2D eigenvalue weighted by molar-refractivity contribution is 7.92. The highest BCUT2D eigenvalue weighted by atomic mass is 35.5. The van der Waals surface area contributed by atoms with E-state index in [0.29, 0.717) is 27.2 Å². The Hall–Kier alpha value is -2.74. The molecule has 0 atom stereocenters. The maximum Gasteiger partial charge on any atom is 0.264 e. The number of hydrogen-bond acceptors (Lipinski definition) is 4. The Morgan fingerprint density at radius 3 is 2.17 bits per heavy atom. The summed E-state index contributed by atoms with van der Waals surface area (Å²) >= 11 is 11.8. The Kier molecular flexibility index (Phi) is 6.87. The molecule has 0 unspecified atom stereocenters. The highest BCUT2D eigenvalue weighted by Crippen LogP contribution is 2.25. The van der Waals surface area contributed by atoms with Crippen molar-refractivity contribution in [2.45, 2.75) is 4.90 Å². The maximum absolute atomic E-state index is 12.7. The average Bonchev–Trinajstić information content (AvgIpc) is 2.72. The fourth-order valence-corrected chi connectivity index (χ4v) is 4.36. The molecular weight excluding hydrogens is 447 g/mol. The number of anilines is 2. The number of rotatable bonds is 7. The molecule has 3 rings (SSSR count). The fraction of sp³-hybridized carbons (Fsp3) is 0.0952. The number of benzene rings is 3. The third kappa shape index (κ3) is 5.44. The van der Waals surface area contributed by atoms with Gasteiger partial charge in [0.25, 0.3) is 15.9 Å². The van der Waals surface area contributed by atoms with E-state index < -0.39 is 10.0 Å². The van der Waals surface area contributed by atoms with Gasteiger partial charge in [-0.3, -0.25) is 9.10 Å². The summed E-state index contributed by atoms with van der Waals surface area (Å²) in [5.74, 6) is 0.0321. The van der Waals surface area contributed by atoms with Crippen LogP contribution in [-0.4, -0.2) is 28.0 Å². The van der Waals surface area contributed by atoms with Crippen molar-refractivity contribution in [2.75, 3.05) is 23.3 Å². The first kappa shape index (κ1) is 22.0. The first-order valence-corrected chi connectivity index (χ1v) is 11.0. The number of amides is 1. The van der Waals surface area contributed by atoms with Crippen molar-refractivity contribution in [3.8, 4) is 5.75 Å². The minimum atomic E-state index is -3.67. The fourth-order valence-electron chi connectivity index (χ4n) is 2.61. The Bertz CT molecular complexity index is 1120. The molecule has 9 heteroatoms. The van der Waals surface area contributed by atoms with Crippen LogP contribution in [0.15, 0.2) is 77.7 Å². The lowest BCUT2D eigenvalue weighted by Crippen LogP contribution is -2.26. The molecule has 156 valence electrons. The zero-order chi connectivity index (χ0) is 21.7. The molecule has 0 aliphatic rings. The second-order valence-corrected chi connectivity index (χ2v) is 9.12. The monoisotopic (exact) mass is 464 g/mol. The molecule has 0 aromatic heterocycles. The van der Waals surface area contributed by atoms with Crippen molar-refractivity contribution in [3.05, 3.63) is 82.8 Å². The normalized spacial score (nSPS) is 11.0. The lowest BCUT2D eigenvalue weighted by Gasteiger charge is -2.19. The van der Waals surface area contributed by atoms with Gasteiger partial charge in [-0.05, 0) is 54.6 Å². The molecule has 3 aromatic rings. The van der Waals surface area contributed by atoms with Crippen molar-refractivity contribution in [3.63, 3.8) is 0 Å². The van der Waals surface area contributed by atoms with Crippen LogP contribution >= 0.6 is 23.2 Å². The molecule has 0 saturated heterocycles. The van der Waals surface area contributed by atoms with Crippen LogP contribution in [0.1, 0.15) is 0 Å². The van der Waals surface area contributed by atoms with Gasteiger partial charge in [-0.15, -0.1) is 0 Å². The predicted molar refractivity (Wildman–Crippen MR) is 119 cm³/mol. The minimum absolute atomic E-state index is 0.200. The number of hydrogen-bond donors (Lipinski definition) is 1. The smallest absolute Gasteiger partial charge is 0.264 e. The summed E-state index contributed by atoms with van der Waals surface area (Å²) in [7, 11) is -2.19. The topological polar surface area (TPSA) is 75.7 Å². The van der Waals surface area contributed by atoms with Crippen molar-refractivity contribution < 1.29 is 17.9 Å². The quantitative estimate of drug-likeness (QED) is 0.542. The lowest BCUT2D eigenvalue weighted by atomic mass is 10.3. The van der Waals surface area contributed by atoms with Gasteiger partial charge in [0.1, 0.15) is 5.75 Å². The summed E-state index contributed by atoms with van der Waals surface area (Å²) in [6.07, 6.45) is 0. The molecule has 0 radical (unpaired) electrons. The molecule has 6 nitrogen and oxygen atoms in total. The standard InChI is InChI=1S/C21H18Cl2N2O4S/c1-25(30(27,28)20-5-3-2-4-6-20)18-7-9-19(10-8-18)29-14-21(26)24-17-12-15(22)11-16(23)13-17/h2-13H,14H2,1H3,(H,24,26). The highest BCUT2D eigenvalue weighted by Gasteiger charge is 2.20. The molecule has 3 aromatic carbocycles. The number of nitrogens with one attached hydrogen (secondary N) is 1. The number of carbonyl (C=O) groups excluding carboxylic acids is 1. The van der Waals surface area contributed by atoms with Gasteiger partial charge in [0.05, 0.1) is 10.6 Å². The van der Waals surface area contributed by atoms with Gasteiger partial charge in [-0.1, -0.05) is 41.4 Å². The van der Waals surface area contributed by atoms with Crippen LogP contribution in [0.3, 0.4) is 0 Å². The van der Waals surface area contributed by atoms with Gasteiger partial charge < -0.3 is 10.1 Å². The molecule has 0 spiro atoms. The van der Waals surface area contributed by atoms with Gasteiger partial charge >= 0.3 is 0 Å². The van der Waals surface area contributed by atoms with E-state index in [1.54, 1.807) is 60.7 Å². The molecule has 1 N–H and O–H groups in total. The number of ether oxygens (including phenoxy) is 1. The third-order valence-corrected chi connectivity index (χ3v) is 6.35. The Balaban J connectivity index is 1.61. The van der Waals surface area contributed by atoms with Crippen molar-refractivity contribution in [1.29, 1.82) is 0 Å². The van der Waals surface area contributed by atoms with Crippen molar-refractivity contribution in [2.24, 2.45) is 0 Å². The summed E-state index contributed by atoms with van der Waals surface area (Å²) in [6.45, 7) is -0.234. The van der Waals surface area contributed by atoms with E-state index in [2.05, 4.69) is 5.32 Å². The average molecular weight is 465 g/mol. The number of carbonyl (C=O) groups is 1. The van der Waals surface area contributed by atoms with E-state index in [0.717, 1.165) is 0 Å². The van der Waals surface area contributed by atoms with Crippen LogP contribution in [0, 0.1) is 0 Å². The summed E-state index contributed by atoms with van der Waals surface area (Å²) < 4.78 is 32.0. The Labute approximate surface area is 185 Å². The first-order valence-electron chi connectivity index (χ1n) is 8.78. The summed E-state index contributed by atoms with van der Waals surface area (Å²) in [6, 6.07) is 19.3. The molecule has 0 fully saturated rings. The minimum Gasteiger partial charge on any atom is -0.484 e. The zero-order valence-electron chi connectivity index (χ0n) is 15.9. The molecule has 0 aliphatic carbocycles. The van der Waals surface area contributed by atoms with Gasteiger partial charge in [-0.2, -0.15) is 0 Å². The molecule has 0 aliphatic heterocycles. The van der Waals surface area contributed by atoms with E-state index in [9.17, 15) is 13.2 Å². The van der Waals surface area contributed by atoms with Crippen molar-refractivity contribution >= 4 is 50.5 Å². The lowest BCUT2D eigenvalue weighted by molar-refractivity contribution is -0.118. The molecule has 0 saturated carbocycles. The second kappa shape index (κ2) is 9.38. The number of halogens is 2. The SMILES string of the molecule is CN(c1ccc(OCC(=O)Nc2cc(Cl)cc(Cl)c2)cc1)S(=O)(=O)c1ccccc1. The van der Waals surface area contributed by atoms with E-state index in [1.807, 2.05) is 0 Å². The molecular formula is C21H18Cl2N2O4S. The van der Waals surface area contributed by atoms with Gasteiger partial charge in [0.15, 0.2) is 6.61 Å². The van der Waals surface area contributed by atoms with Gasteiger partial charge in [-0.25, -0.2) is 8.42 Å². The van der Waals surface area contributed by atoms with Crippen molar-refractivity contribution in [1.82, 2.24) is 0 Å². The summed E-state index contributed by atoms with van der Waals surface area (Å²) in [5, 5.41) is 3.45. The van der Waals surface area contributed by atoms with Crippen LogP contribution in [0.4, 0.5) is 11.4 Å². The van der Waals surface area contributed by atoms with Crippen LogP contribution in [0.5, 0.6) is 5.75 Å². The molecule has 0 bridgehead atoms. The van der Waals surface area contributed by atoms with E-state index >= 15 is 0 Å². The Morgan fingerprint density at radius 1 is 0.967 bits per heavy atom. The predicted octanol–water partition coefficient (Wildman–Crippen LogP) is 4.84. The molecule has 0 heterocycles. The molecule has 1 amide bonds. The largest absolute Gasteiger partial charge is 0.484 e. The molecule has 30 heavy (non-hydrogen) atoms. The number of sulfonamides is 1. The van der Waals surface area contributed by atoms with Gasteiger partial charge in [0.2, 0.25) is 0 Å². The van der Waals surface area contributed by atoms with E-state index in [4.69, 9.17) is 27.9 Å². The summed E-state index contributed by atoms with van der Waals surface area (Å²) in [5.41, 5.74) is 0.924. The number of nitrogens with zero attached hydrogens (tertiary/aromatic N) is 1. The van der Waals surface area contributed by atoms with Crippen LogP contribution in [0.2, 0.25) is 10.0 Å². The third-order valence-electron chi connectivity index (χ3n) is 4.12. The van der Waals surface area contributed by atoms with Crippen LogP contribution in [-0.2, 0) is 14.8 Å². The summed E-state index contributed by atoms with van der Waals surface area (Å²) in [4.78, 5) is 12.3. The second-order valence-electron chi connectivity index (χ2n) is 6.27. The Morgan fingerprint density at radius 2 is 1.57 bits per heavy atom. The van der Waals surface area contributed by atoms with E-state index in [1.165, 1.54) is 23.5 Å².